The van der Waals surface area contributed by atoms with E-state index in [-0.39, 0.29) is 13.2 Å². The van der Waals surface area contributed by atoms with Gasteiger partial charge in [0.25, 0.3) is 0 Å². The smallest absolute Gasteiger partial charge is 0.330 e. The monoisotopic (exact) mass is 594 g/mol. The zero-order valence-corrected chi connectivity index (χ0v) is 26.7. The third-order valence-corrected chi connectivity index (χ3v) is 5.82. The Labute approximate surface area is 252 Å². The van der Waals surface area contributed by atoms with Gasteiger partial charge in [-0.2, -0.15) is 0 Å². The average Bonchev–Trinajstić information content (AvgIpc) is 2.99. The molecule has 1 aliphatic carbocycles. The molecule has 3 unspecified atom stereocenters. The standard InChI is InChI=1S/C19H25ClO7.C9H12.C3H8.C2H6/c1-3-17(21)26-12-14(11-25-13(2)7-6-10-20)27-19(24)16-9-5-4-8-15(16)18(22)23;1-3-9-6-4-8(2)5-7-9;1-3-2;1-2/h3,6-7,10,14-16H,1,4-5,8-9,11-12H2,2H3,(H,22,23);4-7H,3H2,1-2H3;3H2,1-2H3;1-2H3/b10-6-,13-7+;;;. The van der Waals surface area contributed by atoms with Crippen LogP contribution in [0.2, 0.25) is 0 Å². The lowest BCUT2D eigenvalue weighted by Gasteiger charge is -2.28. The molecule has 0 radical (unpaired) electrons. The molecular weight excluding hydrogens is 544 g/mol. The second-order valence-corrected chi connectivity index (χ2v) is 9.43. The molecule has 1 saturated carbocycles. The number of esters is 2. The lowest BCUT2D eigenvalue weighted by atomic mass is 9.79. The molecule has 0 spiro atoms. The van der Waals surface area contributed by atoms with Crippen LogP contribution in [0.5, 0.6) is 0 Å². The molecule has 0 amide bonds. The van der Waals surface area contributed by atoms with E-state index in [0.717, 1.165) is 25.3 Å². The van der Waals surface area contributed by atoms with E-state index in [9.17, 15) is 19.5 Å². The van der Waals surface area contributed by atoms with Crippen LogP contribution in [0.25, 0.3) is 0 Å². The van der Waals surface area contributed by atoms with Crippen LogP contribution in [0.1, 0.15) is 84.8 Å². The number of aryl methyl sites for hydroxylation is 2. The van der Waals surface area contributed by atoms with Crippen LogP contribution in [-0.2, 0) is 35.0 Å². The number of hydrogen-bond acceptors (Lipinski definition) is 6. The maximum Gasteiger partial charge on any atom is 0.330 e. The van der Waals surface area contributed by atoms with Gasteiger partial charge in [0.15, 0.2) is 6.10 Å². The predicted molar refractivity (Wildman–Crippen MR) is 167 cm³/mol. The Balaban J connectivity index is 0. The maximum absolute atomic E-state index is 12.5. The number of halogens is 1. The van der Waals surface area contributed by atoms with E-state index >= 15 is 0 Å². The van der Waals surface area contributed by atoms with Crippen molar-refractivity contribution in [3.8, 4) is 0 Å². The molecule has 1 aliphatic rings. The minimum atomic E-state index is -1.01. The van der Waals surface area contributed by atoms with E-state index < -0.39 is 35.8 Å². The first-order valence-electron chi connectivity index (χ1n) is 14.5. The van der Waals surface area contributed by atoms with Crippen LogP contribution in [0.4, 0.5) is 0 Å². The van der Waals surface area contributed by atoms with Gasteiger partial charge in [-0.15, -0.1) is 0 Å². The lowest BCUT2D eigenvalue weighted by Crippen LogP contribution is -2.38. The van der Waals surface area contributed by atoms with Gasteiger partial charge in [-0.05, 0) is 50.8 Å². The SMILES string of the molecule is C=CC(=O)OCC(CO/C(C)=C/C=C\Cl)OC(=O)C1CCCCC1C(=O)O.CC.CCC.CCc1ccc(C)cc1. The molecule has 0 heterocycles. The number of allylic oxidation sites excluding steroid dienone is 3. The minimum Gasteiger partial charge on any atom is -0.494 e. The summed E-state index contributed by atoms with van der Waals surface area (Å²) in [6, 6.07) is 8.66. The number of carbonyl (C=O) groups excluding carboxylic acids is 2. The molecule has 1 aromatic rings. The van der Waals surface area contributed by atoms with Crippen LogP contribution < -0.4 is 0 Å². The van der Waals surface area contributed by atoms with E-state index in [4.69, 9.17) is 25.8 Å². The highest BCUT2D eigenvalue weighted by Crippen LogP contribution is 2.31. The molecule has 1 aromatic carbocycles. The number of hydrogen-bond donors (Lipinski definition) is 1. The highest BCUT2D eigenvalue weighted by Gasteiger charge is 2.38. The summed E-state index contributed by atoms with van der Waals surface area (Å²) in [6.45, 7) is 17.2. The van der Waals surface area contributed by atoms with Crippen molar-refractivity contribution in [2.45, 2.75) is 93.1 Å². The van der Waals surface area contributed by atoms with Gasteiger partial charge < -0.3 is 19.3 Å². The molecule has 0 aliphatic heterocycles. The molecular formula is C33H51ClO7. The van der Waals surface area contributed by atoms with E-state index in [1.54, 1.807) is 19.1 Å². The van der Waals surface area contributed by atoms with Gasteiger partial charge in [0.1, 0.15) is 13.2 Å². The molecule has 1 fully saturated rings. The number of benzene rings is 1. The summed E-state index contributed by atoms with van der Waals surface area (Å²) in [5.41, 5.74) is 4.07. The molecule has 3 atom stereocenters. The highest BCUT2D eigenvalue weighted by atomic mass is 35.5. The normalized spacial score (nSPS) is 16.7. The van der Waals surface area contributed by atoms with Crippen LogP contribution in [0, 0.1) is 18.8 Å². The van der Waals surface area contributed by atoms with Crippen molar-refractivity contribution in [3.63, 3.8) is 0 Å². The summed E-state index contributed by atoms with van der Waals surface area (Å²) in [4.78, 5) is 35.2. The number of carbonyl (C=O) groups is 3. The van der Waals surface area contributed by atoms with Gasteiger partial charge in [0.05, 0.1) is 17.6 Å². The molecule has 0 saturated heterocycles. The molecule has 7 nitrogen and oxygen atoms in total. The van der Waals surface area contributed by atoms with E-state index in [1.165, 1.54) is 23.1 Å². The molecule has 0 aromatic heterocycles. The Bertz CT molecular complexity index is 922. The first-order chi connectivity index (χ1) is 19.6. The van der Waals surface area contributed by atoms with Gasteiger partial charge in [0, 0.05) is 11.6 Å². The number of aliphatic carboxylic acids is 1. The fraction of sp³-hybridized carbons (Fsp3) is 0.545. The van der Waals surface area contributed by atoms with Crippen molar-refractivity contribution in [1.29, 1.82) is 0 Å². The Morgan fingerprint density at radius 3 is 2.05 bits per heavy atom. The largest absolute Gasteiger partial charge is 0.494 e. The number of ether oxygens (including phenoxy) is 3. The van der Waals surface area contributed by atoms with Gasteiger partial charge in [0.2, 0.25) is 0 Å². The van der Waals surface area contributed by atoms with Crippen molar-refractivity contribution >= 4 is 29.5 Å². The van der Waals surface area contributed by atoms with Gasteiger partial charge in [-0.3, -0.25) is 9.59 Å². The third-order valence-electron chi connectivity index (χ3n) is 5.68. The molecule has 2 rings (SSSR count). The first-order valence-corrected chi connectivity index (χ1v) is 14.9. The molecule has 0 bridgehead atoms. The summed E-state index contributed by atoms with van der Waals surface area (Å²) < 4.78 is 15.8. The van der Waals surface area contributed by atoms with Crippen LogP contribution >= 0.6 is 11.6 Å². The third kappa shape index (κ3) is 19.6. The average molecular weight is 595 g/mol. The quantitative estimate of drug-likeness (QED) is 0.119. The summed E-state index contributed by atoms with van der Waals surface area (Å²) >= 11 is 5.44. The molecule has 232 valence electrons. The van der Waals surface area contributed by atoms with Crippen LogP contribution in [0.3, 0.4) is 0 Å². The van der Waals surface area contributed by atoms with Crippen molar-refractivity contribution in [2.24, 2.45) is 11.8 Å². The number of carboxylic acid groups (broad SMARTS) is 1. The van der Waals surface area contributed by atoms with E-state index in [1.807, 2.05) is 13.8 Å². The van der Waals surface area contributed by atoms with Gasteiger partial charge >= 0.3 is 17.9 Å². The second kappa shape index (κ2) is 25.9. The van der Waals surface area contributed by atoms with Crippen molar-refractivity contribution in [2.75, 3.05) is 13.2 Å². The predicted octanol–water partition coefficient (Wildman–Crippen LogP) is 8.19. The van der Waals surface area contributed by atoms with Crippen molar-refractivity contribution in [1.82, 2.24) is 0 Å². The Morgan fingerprint density at radius 1 is 1.02 bits per heavy atom. The number of carboxylic acids is 1. The van der Waals surface area contributed by atoms with Crippen LogP contribution in [0.15, 0.2) is 60.4 Å². The lowest BCUT2D eigenvalue weighted by molar-refractivity contribution is -0.169. The summed E-state index contributed by atoms with van der Waals surface area (Å²) in [5, 5.41) is 9.32. The Hall–Kier alpha value is -3.06. The number of rotatable bonds is 11. The van der Waals surface area contributed by atoms with Gasteiger partial charge in [-0.1, -0.05) is 102 Å². The zero-order valence-electron chi connectivity index (χ0n) is 26.0. The fourth-order valence-corrected chi connectivity index (χ4v) is 3.65. The highest BCUT2D eigenvalue weighted by molar-refractivity contribution is 6.25. The summed E-state index contributed by atoms with van der Waals surface area (Å²) in [6.07, 6.45) is 8.12. The Morgan fingerprint density at radius 2 is 1.56 bits per heavy atom. The van der Waals surface area contributed by atoms with E-state index in [0.29, 0.717) is 18.6 Å². The molecule has 41 heavy (non-hydrogen) atoms. The zero-order chi connectivity index (χ0) is 31.6. The fourth-order valence-electron chi connectivity index (χ4n) is 3.58. The second-order valence-electron chi connectivity index (χ2n) is 9.18. The summed E-state index contributed by atoms with van der Waals surface area (Å²) in [7, 11) is 0. The topological polar surface area (TPSA) is 99.1 Å². The summed E-state index contributed by atoms with van der Waals surface area (Å²) in [5.74, 6) is -3.25. The van der Waals surface area contributed by atoms with Gasteiger partial charge in [-0.25, -0.2) is 4.79 Å². The van der Waals surface area contributed by atoms with E-state index in [2.05, 4.69) is 58.5 Å². The van der Waals surface area contributed by atoms with Crippen molar-refractivity contribution in [3.05, 3.63) is 71.5 Å². The van der Waals surface area contributed by atoms with Crippen LogP contribution in [-0.4, -0.2) is 42.3 Å². The molecule has 8 heteroatoms. The minimum absolute atomic E-state index is 0.0565. The van der Waals surface area contributed by atoms with Crippen molar-refractivity contribution < 1.29 is 33.7 Å². The first kappa shape index (κ1) is 40.1. The Kier molecular flexibility index (Phi) is 25.3. The molecule has 1 N–H and O–H groups in total. The maximum atomic E-state index is 12.5.